The maximum Gasteiger partial charge on any atom is 0.338 e. The van der Waals surface area contributed by atoms with Crippen LogP contribution in [0.5, 0.6) is 0 Å². The van der Waals surface area contributed by atoms with Gasteiger partial charge < -0.3 is 10.1 Å². The lowest BCUT2D eigenvalue weighted by Crippen LogP contribution is -2.31. The first kappa shape index (κ1) is 24.1. The standard InChI is InChI=1S/C20H22Cl2N2O5S/c1-4-24(5-2)30(27,28)18-12-14(6-11-17(18)22)20(26)29-13(3)19(25)23-16-9-7-15(21)8-10-16/h6-13H,4-5H2,1-3H3,(H,23,25)/t13-/m0/s1. The highest BCUT2D eigenvalue weighted by Gasteiger charge is 2.27. The largest absolute Gasteiger partial charge is 0.449 e. The minimum atomic E-state index is -3.87. The van der Waals surface area contributed by atoms with Crippen molar-refractivity contribution in [1.29, 1.82) is 0 Å². The summed E-state index contributed by atoms with van der Waals surface area (Å²) in [5.74, 6) is -1.39. The molecule has 1 amide bonds. The third kappa shape index (κ3) is 5.72. The highest BCUT2D eigenvalue weighted by Crippen LogP contribution is 2.26. The van der Waals surface area contributed by atoms with Crippen LogP contribution in [-0.4, -0.2) is 43.8 Å². The van der Waals surface area contributed by atoms with E-state index in [2.05, 4.69) is 5.32 Å². The number of hydrogen-bond acceptors (Lipinski definition) is 5. The predicted molar refractivity (Wildman–Crippen MR) is 117 cm³/mol. The van der Waals surface area contributed by atoms with E-state index in [-0.39, 0.29) is 28.6 Å². The van der Waals surface area contributed by atoms with Crippen LogP contribution >= 0.6 is 23.2 Å². The summed E-state index contributed by atoms with van der Waals surface area (Å²) in [5.41, 5.74) is 0.461. The first-order valence-electron chi connectivity index (χ1n) is 9.17. The van der Waals surface area contributed by atoms with Gasteiger partial charge in [-0.2, -0.15) is 4.31 Å². The van der Waals surface area contributed by atoms with E-state index in [1.165, 1.54) is 23.4 Å². The number of amides is 1. The zero-order chi connectivity index (χ0) is 22.5. The molecule has 0 saturated heterocycles. The number of carbonyl (C=O) groups is 2. The third-order valence-electron chi connectivity index (χ3n) is 4.25. The van der Waals surface area contributed by atoms with Gasteiger partial charge in [-0.3, -0.25) is 4.79 Å². The Morgan fingerprint density at radius 3 is 2.23 bits per heavy atom. The Kier molecular flexibility index (Phi) is 8.25. The van der Waals surface area contributed by atoms with E-state index in [4.69, 9.17) is 27.9 Å². The van der Waals surface area contributed by atoms with Crippen molar-refractivity contribution in [2.24, 2.45) is 0 Å². The minimum Gasteiger partial charge on any atom is -0.449 e. The monoisotopic (exact) mass is 472 g/mol. The number of rotatable bonds is 8. The number of carbonyl (C=O) groups excluding carboxylic acids is 2. The van der Waals surface area contributed by atoms with Gasteiger partial charge in [0.1, 0.15) is 4.90 Å². The van der Waals surface area contributed by atoms with Gasteiger partial charge in [0.05, 0.1) is 10.6 Å². The average molecular weight is 473 g/mol. The number of nitrogens with one attached hydrogen (secondary N) is 1. The van der Waals surface area contributed by atoms with Gasteiger partial charge in [0.25, 0.3) is 5.91 Å². The van der Waals surface area contributed by atoms with Crippen LogP contribution in [0.1, 0.15) is 31.1 Å². The van der Waals surface area contributed by atoms with E-state index in [9.17, 15) is 18.0 Å². The summed E-state index contributed by atoms with van der Waals surface area (Å²) in [6, 6.07) is 10.3. The molecule has 0 saturated carbocycles. The van der Waals surface area contributed by atoms with Crippen molar-refractivity contribution in [3.63, 3.8) is 0 Å². The van der Waals surface area contributed by atoms with E-state index in [0.717, 1.165) is 6.07 Å². The molecule has 0 heterocycles. The van der Waals surface area contributed by atoms with Gasteiger partial charge in [0.15, 0.2) is 6.10 Å². The average Bonchev–Trinajstić information content (AvgIpc) is 2.70. The smallest absolute Gasteiger partial charge is 0.338 e. The Labute approximate surface area is 186 Å². The fourth-order valence-corrected chi connectivity index (χ4v) is 4.67. The van der Waals surface area contributed by atoms with Crippen LogP contribution in [0.2, 0.25) is 10.0 Å². The molecule has 2 rings (SSSR count). The molecule has 1 N–H and O–H groups in total. The number of halogens is 2. The van der Waals surface area contributed by atoms with Gasteiger partial charge in [-0.05, 0) is 49.4 Å². The summed E-state index contributed by atoms with van der Waals surface area (Å²) in [6.07, 6.45) is -1.12. The normalized spacial score (nSPS) is 12.5. The third-order valence-corrected chi connectivity index (χ3v) is 7.04. The van der Waals surface area contributed by atoms with Crippen LogP contribution in [0.15, 0.2) is 47.4 Å². The number of hydrogen-bond donors (Lipinski definition) is 1. The molecule has 0 aliphatic heterocycles. The van der Waals surface area contributed by atoms with Crippen LogP contribution in [0.4, 0.5) is 5.69 Å². The molecule has 0 radical (unpaired) electrons. The van der Waals surface area contributed by atoms with Crippen molar-refractivity contribution in [3.8, 4) is 0 Å². The second kappa shape index (κ2) is 10.3. The highest BCUT2D eigenvalue weighted by atomic mass is 35.5. The van der Waals surface area contributed by atoms with Crippen molar-refractivity contribution in [1.82, 2.24) is 4.31 Å². The Bertz CT molecular complexity index is 1020. The minimum absolute atomic E-state index is 0.00743. The molecule has 0 unspecified atom stereocenters. The lowest BCUT2D eigenvalue weighted by atomic mass is 10.2. The molecule has 0 fully saturated rings. The number of ether oxygens (including phenoxy) is 1. The van der Waals surface area contributed by atoms with E-state index < -0.39 is 28.0 Å². The molecule has 0 spiro atoms. The predicted octanol–water partition coefficient (Wildman–Crippen LogP) is 4.21. The molecule has 0 aliphatic carbocycles. The first-order valence-corrected chi connectivity index (χ1v) is 11.4. The molecule has 7 nitrogen and oxygen atoms in total. The molecule has 10 heteroatoms. The number of sulfonamides is 1. The fourth-order valence-electron chi connectivity index (χ4n) is 2.59. The molecule has 162 valence electrons. The topological polar surface area (TPSA) is 92.8 Å². The van der Waals surface area contributed by atoms with Gasteiger partial charge in [0.2, 0.25) is 10.0 Å². The Morgan fingerprint density at radius 2 is 1.67 bits per heavy atom. The van der Waals surface area contributed by atoms with Gasteiger partial charge in [-0.1, -0.05) is 37.0 Å². The van der Waals surface area contributed by atoms with Crippen LogP contribution in [0.3, 0.4) is 0 Å². The maximum absolute atomic E-state index is 12.8. The summed E-state index contributed by atoms with van der Waals surface area (Å²) in [6.45, 7) is 5.33. The van der Waals surface area contributed by atoms with Crippen molar-refractivity contribution in [2.75, 3.05) is 18.4 Å². The molecular weight excluding hydrogens is 451 g/mol. The van der Waals surface area contributed by atoms with Crippen LogP contribution in [-0.2, 0) is 19.6 Å². The molecule has 2 aromatic carbocycles. The summed E-state index contributed by atoms with van der Waals surface area (Å²) in [4.78, 5) is 24.6. The second-order valence-corrected chi connectivity index (χ2v) is 9.03. The number of esters is 1. The molecule has 0 bridgehead atoms. The Morgan fingerprint density at radius 1 is 1.07 bits per heavy atom. The van der Waals surface area contributed by atoms with Crippen LogP contribution in [0, 0.1) is 0 Å². The summed E-state index contributed by atoms with van der Waals surface area (Å²) < 4.78 is 31.9. The van der Waals surface area contributed by atoms with Gasteiger partial charge >= 0.3 is 5.97 Å². The molecule has 30 heavy (non-hydrogen) atoms. The van der Waals surface area contributed by atoms with Gasteiger partial charge in [0, 0.05) is 23.8 Å². The number of nitrogens with zero attached hydrogens (tertiary/aromatic N) is 1. The van der Waals surface area contributed by atoms with E-state index in [1.807, 2.05) is 0 Å². The van der Waals surface area contributed by atoms with Gasteiger partial charge in [-0.25, -0.2) is 13.2 Å². The lowest BCUT2D eigenvalue weighted by molar-refractivity contribution is -0.123. The maximum atomic E-state index is 12.8. The quantitative estimate of drug-likeness (QED) is 0.580. The SMILES string of the molecule is CCN(CC)S(=O)(=O)c1cc(C(=O)O[C@@H](C)C(=O)Nc2ccc(Cl)cc2)ccc1Cl. The molecule has 0 aromatic heterocycles. The first-order chi connectivity index (χ1) is 14.1. The molecule has 0 aliphatic rings. The van der Waals surface area contributed by atoms with Crippen molar-refractivity contribution < 1.29 is 22.7 Å². The van der Waals surface area contributed by atoms with E-state index in [1.54, 1.807) is 38.1 Å². The molecule has 1 atom stereocenters. The number of anilines is 1. The molecular formula is C20H22Cl2N2O5S. The van der Waals surface area contributed by atoms with Crippen molar-refractivity contribution >= 4 is 50.8 Å². The zero-order valence-corrected chi connectivity index (χ0v) is 19.0. The van der Waals surface area contributed by atoms with Crippen molar-refractivity contribution in [2.45, 2.75) is 31.8 Å². The summed E-state index contributed by atoms with van der Waals surface area (Å²) >= 11 is 11.9. The Balaban J connectivity index is 2.16. The summed E-state index contributed by atoms with van der Waals surface area (Å²) in [5, 5.41) is 3.11. The fraction of sp³-hybridized carbons (Fsp3) is 0.300. The lowest BCUT2D eigenvalue weighted by Gasteiger charge is -2.20. The van der Waals surface area contributed by atoms with E-state index in [0.29, 0.717) is 10.7 Å². The zero-order valence-electron chi connectivity index (χ0n) is 16.7. The Hall–Kier alpha value is -2.13. The van der Waals surface area contributed by atoms with Crippen LogP contribution < -0.4 is 5.32 Å². The van der Waals surface area contributed by atoms with Gasteiger partial charge in [-0.15, -0.1) is 0 Å². The highest BCUT2D eigenvalue weighted by molar-refractivity contribution is 7.89. The second-order valence-electron chi connectivity index (χ2n) is 6.28. The number of benzene rings is 2. The van der Waals surface area contributed by atoms with Crippen molar-refractivity contribution in [3.05, 3.63) is 58.1 Å². The summed E-state index contributed by atoms with van der Waals surface area (Å²) in [7, 11) is -3.87. The molecule has 2 aromatic rings. The van der Waals surface area contributed by atoms with Crippen LogP contribution in [0.25, 0.3) is 0 Å². The van der Waals surface area contributed by atoms with E-state index >= 15 is 0 Å².